The molecule has 1 aromatic rings. The molecular weight excluding hydrogens is 844 g/mol. The van der Waals surface area contributed by atoms with Crippen LogP contribution < -0.4 is 54.0 Å². The largest absolute Gasteiger partial charge is 0.508 e. The van der Waals surface area contributed by atoms with Gasteiger partial charge in [-0.05, 0) is 55.7 Å². The second-order valence-electron chi connectivity index (χ2n) is 16.1. The molecule has 0 spiro atoms. The molecule has 0 saturated heterocycles. The van der Waals surface area contributed by atoms with E-state index in [-0.39, 0.29) is 12.2 Å². The first-order valence-corrected chi connectivity index (χ1v) is 20.3. The van der Waals surface area contributed by atoms with Crippen molar-refractivity contribution in [1.82, 2.24) is 42.5 Å². The minimum atomic E-state index is -1.85. The third kappa shape index (κ3) is 19.0. The van der Waals surface area contributed by atoms with Crippen LogP contribution in [0.15, 0.2) is 24.3 Å². The summed E-state index contributed by atoms with van der Waals surface area (Å²) in [6.07, 6.45) is -1.73. The summed E-state index contributed by atoms with van der Waals surface area (Å²) in [4.78, 5) is 139. The number of amides is 9. The average Bonchev–Trinajstić information content (AvgIpc) is 3.18. The smallest absolute Gasteiger partial charge is 0.326 e. The Bertz CT molecular complexity index is 1870. The lowest BCUT2D eigenvalue weighted by Crippen LogP contribution is -2.61. The van der Waals surface area contributed by atoms with E-state index in [9.17, 15) is 68.1 Å². The van der Waals surface area contributed by atoms with Gasteiger partial charge >= 0.3 is 11.9 Å². The Morgan fingerprint density at radius 1 is 0.531 bits per heavy atom. The van der Waals surface area contributed by atoms with Gasteiger partial charge in [0.2, 0.25) is 53.2 Å². The van der Waals surface area contributed by atoms with Gasteiger partial charge in [0.15, 0.2) is 0 Å². The summed E-state index contributed by atoms with van der Waals surface area (Å²) < 4.78 is 0. The minimum Gasteiger partial charge on any atom is -0.508 e. The van der Waals surface area contributed by atoms with Crippen LogP contribution in [0.2, 0.25) is 0 Å². The number of aromatic hydroxyl groups is 1. The van der Waals surface area contributed by atoms with E-state index in [1.807, 2.05) is 0 Å². The van der Waals surface area contributed by atoms with Crippen LogP contribution >= 0.6 is 0 Å². The number of rotatable bonds is 26. The Morgan fingerprint density at radius 2 is 0.969 bits per heavy atom. The van der Waals surface area contributed by atoms with Crippen molar-refractivity contribution >= 4 is 65.1 Å². The summed E-state index contributed by atoms with van der Waals surface area (Å²) in [5.41, 5.74) is 11.9. The van der Waals surface area contributed by atoms with Crippen LogP contribution in [0.25, 0.3) is 0 Å². The Balaban J connectivity index is 2.95. The lowest BCUT2D eigenvalue weighted by molar-refractivity contribution is -0.144. The van der Waals surface area contributed by atoms with Crippen LogP contribution in [0, 0.1) is 17.8 Å². The van der Waals surface area contributed by atoms with Gasteiger partial charge in [-0.1, -0.05) is 53.7 Å². The van der Waals surface area contributed by atoms with E-state index in [4.69, 9.17) is 11.5 Å². The molecule has 1 rings (SSSR count). The number of carboxylic acid groups (broad SMARTS) is 2. The standard InChI is InChI=1S/C40H62N10O14/c1-17(2)30(38(61)47-25(14-27(42)52)36(59)46-26(15-29(54)55)37(60)50-32(19(5)6)40(63)64)49-39(62)31(18(3)4)48-34(57)21(8)44-28(53)16-43-33(56)20(7)45-35(58)24(41)13-22-9-11-23(51)12-10-22/h9-12,17-21,24-26,30-32,51H,13-16,41H2,1-8H3,(H2,42,52)(H,43,56)(H,44,53)(H,45,58)(H,46,59)(H,47,61)(H,48,57)(H,49,62)(H,50,60)(H,54,55)(H,63,64)/t20-,21-,24-,25-,26-,30-,31-,32-/m0/s1. The number of nitrogens with one attached hydrogen (secondary N) is 8. The number of aliphatic carboxylic acids is 2. The fourth-order valence-corrected chi connectivity index (χ4v) is 5.73. The first-order chi connectivity index (χ1) is 29.6. The van der Waals surface area contributed by atoms with Gasteiger partial charge in [-0.25, -0.2) is 4.79 Å². The van der Waals surface area contributed by atoms with Gasteiger partial charge < -0.3 is 69.3 Å². The number of phenols is 1. The first kappa shape index (κ1) is 55.2. The molecule has 0 bridgehead atoms. The number of nitrogens with two attached hydrogens (primary N) is 2. The highest BCUT2D eigenvalue weighted by molar-refractivity contribution is 5.99. The van der Waals surface area contributed by atoms with E-state index in [0.29, 0.717) is 5.56 Å². The topological polar surface area (TPSA) is 397 Å². The summed E-state index contributed by atoms with van der Waals surface area (Å²) in [6, 6.07) is -5.14. The Labute approximate surface area is 369 Å². The van der Waals surface area contributed by atoms with Crippen molar-refractivity contribution in [2.75, 3.05) is 6.54 Å². The highest BCUT2D eigenvalue weighted by Gasteiger charge is 2.36. The zero-order chi connectivity index (χ0) is 49.2. The quantitative estimate of drug-likeness (QED) is 0.0424. The number of hydrogen-bond acceptors (Lipinski definition) is 13. The molecule has 0 aliphatic carbocycles. The van der Waals surface area contributed by atoms with E-state index >= 15 is 0 Å². The molecule has 0 fully saturated rings. The molecule has 1 aromatic carbocycles. The molecule has 24 nitrogen and oxygen atoms in total. The number of phenolic OH excluding ortho intramolecular Hbond substituents is 1. The van der Waals surface area contributed by atoms with Crippen LogP contribution in [0.3, 0.4) is 0 Å². The SMILES string of the molecule is CC(C)[C@H](NC(=O)[C@H](CC(=O)O)NC(=O)[C@H](CC(N)=O)NC(=O)[C@@H](NC(=O)[C@@H](NC(=O)[C@H](C)NC(=O)CNC(=O)[C@H](C)NC(=O)[C@@H](N)Cc1ccc(O)cc1)C(C)C)C(C)C)C(=O)O. The van der Waals surface area contributed by atoms with Gasteiger partial charge in [0.05, 0.1) is 25.4 Å². The number of carbonyl (C=O) groups excluding carboxylic acids is 9. The third-order valence-electron chi connectivity index (χ3n) is 9.45. The monoisotopic (exact) mass is 906 g/mol. The minimum absolute atomic E-state index is 0.0407. The Hall–Kier alpha value is -6.85. The molecule has 8 atom stereocenters. The second kappa shape index (κ2) is 25.9. The van der Waals surface area contributed by atoms with Crippen LogP contribution in [-0.4, -0.2) is 135 Å². The summed E-state index contributed by atoms with van der Waals surface area (Å²) in [5, 5.41) is 46.9. The maximum atomic E-state index is 13.6. The summed E-state index contributed by atoms with van der Waals surface area (Å²) in [7, 11) is 0. The van der Waals surface area contributed by atoms with Gasteiger partial charge in [0, 0.05) is 0 Å². The van der Waals surface area contributed by atoms with Gasteiger partial charge in [-0.3, -0.25) is 47.9 Å². The maximum Gasteiger partial charge on any atom is 0.326 e. The van der Waals surface area contributed by atoms with Crippen LogP contribution in [0.5, 0.6) is 5.75 Å². The van der Waals surface area contributed by atoms with Crippen LogP contribution in [0.1, 0.15) is 73.8 Å². The number of carboxylic acids is 2. The first-order valence-electron chi connectivity index (χ1n) is 20.3. The number of carbonyl (C=O) groups is 11. The zero-order valence-corrected chi connectivity index (χ0v) is 37.0. The molecule has 9 amide bonds. The van der Waals surface area contributed by atoms with Crippen molar-refractivity contribution in [2.45, 2.75) is 123 Å². The predicted molar refractivity (Wildman–Crippen MR) is 226 cm³/mol. The van der Waals surface area contributed by atoms with E-state index in [1.54, 1.807) is 26.0 Å². The molecular formula is C40H62N10O14. The molecule has 0 heterocycles. The van der Waals surface area contributed by atoms with E-state index in [1.165, 1.54) is 53.7 Å². The fourth-order valence-electron chi connectivity index (χ4n) is 5.73. The van der Waals surface area contributed by atoms with E-state index in [2.05, 4.69) is 42.5 Å². The van der Waals surface area contributed by atoms with Crippen molar-refractivity contribution in [3.8, 4) is 5.75 Å². The molecule has 0 radical (unpaired) electrons. The predicted octanol–water partition coefficient (Wildman–Crippen LogP) is -3.79. The normalized spacial score (nSPS) is 14.8. The average molecular weight is 907 g/mol. The van der Waals surface area contributed by atoms with Gasteiger partial charge in [-0.15, -0.1) is 0 Å². The number of benzene rings is 1. The second-order valence-corrected chi connectivity index (χ2v) is 16.1. The number of hydrogen-bond donors (Lipinski definition) is 13. The molecule has 356 valence electrons. The van der Waals surface area contributed by atoms with Crippen molar-refractivity contribution in [3.05, 3.63) is 29.8 Å². The van der Waals surface area contributed by atoms with Crippen LogP contribution in [-0.2, 0) is 59.2 Å². The van der Waals surface area contributed by atoms with Crippen molar-refractivity contribution in [1.29, 1.82) is 0 Å². The zero-order valence-electron chi connectivity index (χ0n) is 37.0. The Kier molecular flexibility index (Phi) is 22.4. The summed E-state index contributed by atoms with van der Waals surface area (Å²) >= 11 is 0. The van der Waals surface area contributed by atoms with E-state index in [0.717, 1.165) is 0 Å². The lowest BCUT2D eigenvalue weighted by Gasteiger charge is -2.29. The molecule has 0 aromatic heterocycles. The van der Waals surface area contributed by atoms with Gasteiger partial charge in [0.1, 0.15) is 48.0 Å². The highest BCUT2D eigenvalue weighted by Crippen LogP contribution is 2.12. The molecule has 15 N–H and O–H groups in total. The Morgan fingerprint density at radius 3 is 1.45 bits per heavy atom. The van der Waals surface area contributed by atoms with Gasteiger partial charge in [0.25, 0.3) is 0 Å². The summed E-state index contributed by atoms with van der Waals surface area (Å²) in [5.74, 6) is -13.3. The number of primary amides is 1. The fraction of sp³-hybridized carbons (Fsp3) is 0.575. The van der Waals surface area contributed by atoms with Crippen LogP contribution in [0.4, 0.5) is 0 Å². The molecule has 0 unspecified atom stereocenters. The highest BCUT2D eigenvalue weighted by atomic mass is 16.4. The van der Waals surface area contributed by atoms with Crippen molar-refractivity contribution in [2.24, 2.45) is 29.2 Å². The molecule has 64 heavy (non-hydrogen) atoms. The summed E-state index contributed by atoms with van der Waals surface area (Å²) in [6.45, 7) is 11.2. The maximum absolute atomic E-state index is 13.6. The van der Waals surface area contributed by atoms with Crippen molar-refractivity contribution < 1.29 is 68.1 Å². The molecule has 0 aliphatic rings. The van der Waals surface area contributed by atoms with E-state index < -0.39 is 151 Å². The van der Waals surface area contributed by atoms with Crippen molar-refractivity contribution in [3.63, 3.8) is 0 Å². The lowest BCUT2D eigenvalue weighted by atomic mass is 9.99. The third-order valence-corrected chi connectivity index (χ3v) is 9.45. The van der Waals surface area contributed by atoms with Gasteiger partial charge in [-0.2, -0.15) is 0 Å². The molecule has 24 heteroatoms. The molecule has 0 saturated carbocycles. The molecule has 0 aliphatic heterocycles.